The van der Waals surface area contributed by atoms with Crippen molar-refractivity contribution in [1.29, 1.82) is 0 Å². The molecule has 0 aliphatic carbocycles. The number of nitrogens with one attached hydrogen (secondary N) is 1. The van der Waals surface area contributed by atoms with E-state index in [1.165, 1.54) is 12.3 Å². The summed E-state index contributed by atoms with van der Waals surface area (Å²) in [5, 5.41) is 12.4. The highest BCUT2D eigenvalue weighted by Gasteiger charge is 2.17. The number of aliphatic hydroxyl groups is 1. The molecule has 0 spiro atoms. The van der Waals surface area contributed by atoms with E-state index in [1.54, 1.807) is 0 Å². The molecule has 0 saturated carbocycles. The molecule has 6 heteroatoms. The fourth-order valence-corrected chi connectivity index (χ4v) is 1.95. The first-order chi connectivity index (χ1) is 8.43. The minimum absolute atomic E-state index is 0.111. The number of aliphatic hydroxyl groups excluding tert-OH is 1. The van der Waals surface area contributed by atoms with Crippen LogP contribution < -0.4 is 5.32 Å². The molecule has 0 radical (unpaired) electrons. The van der Waals surface area contributed by atoms with Gasteiger partial charge in [0.25, 0.3) is 5.91 Å². The van der Waals surface area contributed by atoms with Crippen molar-refractivity contribution < 1.29 is 9.90 Å². The van der Waals surface area contributed by atoms with Crippen molar-refractivity contribution in [1.82, 2.24) is 10.3 Å². The van der Waals surface area contributed by atoms with E-state index in [-0.39, 0.29) is 34.3 Å². The maximum absolute atomic E-state index is 12.0. The highest BCUT2D eigenvalue weighted by molar-refractivity contribution is 6.35. The van der Waals surface area contributed by atoms with E-state index < -0.39 is 0 Å². The van der Waals surface area contributed by atoms with Crippen molar-refractivity contribution in [2.45, 2.75) is 26.3 Å². The normalized spacial score (nSPS) is 12.6. The number of hydrogen-bond donors (Lipinski definition) is 2. The number of pyridine rings is 1. The number of halogens is 2. The smallest absolute Gasteiger partial charge is 0.253 e. The molecule has 1 unspecified atom stereocenters. The molecule has 1 atom stereocenters. The van der Waals surface area contributed by atoms with Gasteiger partial charge in [-0.15, -0.1) is 0 Å². The van der Waals surface area contributed by atoms with Crippen molar-refractivity contribution >= 4 is 29.1 Å². The van der Waals surface area contributed by atoms with Gasteiger partial charge in [-0.3, -0.25) is 4.79 Å². The van der Waals surface area contributed by atoms with Gasteiger partial charge in [0.2, 0.25) is 0 Å². The minimum Gasteiger partial charge on any atom is -0.394 e. The van der Waals surface area contributed by atoms with Crippen molar-refractivity contribution in [3.05, 3.63) is 28.0 Å². The molecule has 0 bridgehead atoms. The Balaban J connectivity index is 2.77. The van der Waals surface area contributed by atoms with Crippen LogP contribution in [0.25, 0.3) is 0 Å². The molecule has 4 nitrogen and oxygen atoms in total. The standard InChI is InChI=1S/C12H16Cl2N2O2/c1-7(2)3-8(6-17)16-12(18)9-4-11(14)15-5-10(9)13/h4-5,7-8,17H,3,6H2,1-2H3,(H,16,18). The lowest BCUT2D eigenvalue weighted by atomic mass is 10.0. The van der Waals surface area contributed by atoms with E-state index in [0.29, 0.717) is 12.3 Å². The number of nitrogens with zero attached hydrogens (tertiary/aromatic N) is 1. The summed E-state index contributed by atoms with van der Waals surface area (Å²) < 4.78 is 0. The Bertz CT molecular complexity index is 425. The van der Waals surface area contributed by atoms with Gasteiger partial charge in [0.15, 0.2) is 0 Å². The van der Waals surface area contributed by atoms with Gasteiger partial charge in [-0.2, -0.15) is 0 Å². The first-order valence-electron chi connectivity index (χ1n) is 5.66. The van der Waals surface area contributed by atoms with Gasteiger partial charge in [-0.25, -0.2) is 4.98 Å². The molecule has 100 valence electrons. The van der Waals surface area contributed by atoms with E-state index in [0.717, 1.165) is 0 Å². The van der Waals surface area contributed by atoms with Crippen molar-refractivity contribution in [2.24, 2.45) is 5.92 Å². The number of carbonyl (C=O) groups is 1. The highest BCUT2D eigenvalue weighted by Crippen LogP contribution is 2.18. The van der Waals surface area contributed by atoms with E-state index in [9.17, 15) is 9.90 Å². The summed E-state index contributed by atoms with van der Waals surface area (Å²) in [4.78, 5) is 15.7. The molecule has 1 aromatic heterocycles. The molecule has 0 aliphatic rings. The summed E-state index contributed by atoms with van der Waals surface area (Å²) in [5.74, 6) is 0.0166. The molecule has 18 heavy (non-hydrogen) atoms. The summed E-state index contributed by atoms with van der Waals surface area (Å²) in [6.45, 7) is 3.93. The molecule has 0 fully saturated rings. The predicted octanol–water partition coefficient (Wildman–Crippen LogP) is 2.53. The molecule has 0 saturated heterocycles. The van der Waals surface area contributed by atoms with Gasteiger partial charge in [-0.05, 0) is 18.4 Å². The average Bonchev–Trinajstić information content (AvgIpc) is 2.30. The predicted molar refractivity (Wildman–Crippen MR) is 72.1 cm³/mol. The van der Waals surface area contributed by atoms with Crippen LogP contribution in [0.5, 0.6) is 0 Å². The van der Waals surface area contributed by atoms with Crippen LogP contribution in [0.3, 0.4) is 0 Å². The third-order valence-corrected chi connectivity index (χ3v) is 2.89. The number of amides is 1. The first kappa shape index (κ1) is 15.2. The van der Waals surface area contributed by atoms with Crippen molar-refractivity contribution in [3.63, 3.8) is 0 Å². The zero-order valence-corrected chi connectivity index (χ0v) is 11.8. The highest BCUT2D eigenvalue weighted by atomic mass is 35.5. The fourth-order valence-electron chi connectivity index (χ4n) is 1.60. The molecule has 1 aromatic rings. The average molecular weight is 291 g/mol. The quantitative estimate of drug-likeness (QED) is 0.819. The van der Waals surface area contributed by atoms with Crippen LogP contribution in [0.4, 0.5) is 0 Å². The molecule has 1 amide bonds. The molecule has 2 N–H and O–H groups in total. The fraction of sp³-hybridized carbons (Fsp3) is 0.500. The van der Waals surface area contributed by atoms with Gasteiger partial charge in [0, 0.05) is 6.20 Å². The van der Waals surface area contributed by atoms with Crippen LogP contribution in [0.1, 0.15) is 30.6 Å². The third-order valence-electron chi connectivity index (χ3n) is 2.38. The lowest BCUT2D eigenvalue weighted by Gasteiger charge is -2.18. The zero-order valence-electron chi connectivity index (χ0n) is 10.3. The molecular weight excluding hydrogens is 275 g/mol. The molecule has 0 aliphatic heterocycles. The van der Waals surface area contributed by atoms with Crippen LogP contribution in [0.15, 0.2) is 12.3 Å². The largest absolute Gasteiger partial charge is 0.394 e. The van der Waals surface area contributed by atoms with E-state index in [1.807, 2.05) is 13.8 Å². The maximum atomic E-state index is 12.0. The van der Waals surface area contributed by atoms with Crippen LogP contribution in [0, 0.1) is 5.92 Å². The van der Waals surface area contributed by atoms with Gasteiger partial charge >= 0.3 is 0 Å². The first-order valence-corrected chi connectivity index (χ1v) is 6.42. The molecular formula is C12H16Cl2N2O2. The van der Waals surface area contributed by atoms with Gasteiger partial charge in [0.1, 0.15) is 5.15 Å². The molecule has 1 heterocycles. The van der Waals surface area contributed by atoms with Gasteiger partial charge in [0.05, 0.1) is 23.2 Å². The van der Waals surface area contributed by atoms with E-state index >= 15 is 0 Å². The molecule has 0 aromatic carbocycles. The second-order valence-electron chi connectivity index (χ2n) is 4.47. The number of rotatable bonds is 5. The SMILES string of the molecule is CC(C)CC(CO)NC(=O)c1cc(Cl)ncc1Cl. The maximum Gasteiger partial charge on any atom is 0.253 e. The molecule has 1 rings (SSSR count). The van der Waals surface area contributed by atoms with Crippen molar-refractivity contribution in [2.75, 3.05) is 6.61 Å². The second-order valence-corrected chi connectivity index (χ2v) is 5.26. The van der Waals surface area contributed by atoms with Crippen LogP contribution in [0.2, 0.25) is 10.2 Å². The van der Waals surface area contributed by atoms with Crippen LogP contribution in [-0.2, 0) is 0 Å². The van der Waals surface area contributed by atoms with E-state index in [2.05, 4.69) is 10.3 Å². The summed E-state index contributed by atoms with van der Waals surface area (Å²) in [6, 6.07) is 1.11. The summed E-state index contributed by atoms with van der Waals surface area (Å²) in [7, 11) is 0. The summed E-state index contributed by atoms with van der Waals surface area (Å²) >= 11 is 11.6. The minimum atomic E-state index is -0.357. The Morgan fingerprint density at radius 2 is 2.17 bits per heavy atom. The Morgan fingerprint density at radius 3 is 2.72 bits per heavy atom. The lowest BCUT2D eigenvalue weighted by Crippen LogP contribution is -2.38. The van der Waals surface area contributed by atoms with Crippen molar-refractivity contribution in [3.8, 4) is 0 Å². The number of carbonyl (C=O) groups excluding carboxylic acids is 1. The zero-order chi connectivity index (χ0) is 13.7. The van der Waals surface area contributed by atoms with E-state index in [4.69, 9.17) is 23.2 Å². The monoisotopic (exact) mass is 290 g/mol. The van der Waals surface area contributed by atoms with Crippen LogP contribution in [-0.4, -0.2) is 28.6 Å². The topological polar surface area (TPSA) is 62.2 Å². The number of aromatic nitrogens is 1. The Labute approximate surface area is 116 Å². The summed E-state index contributed by atoms with van der Waals surface area (Å²) in [6.07, 6.45) is 2.02. The second kappa shape index (κ2) is 6.92. The summed E-state index contributed by atoms with van der Waals surface area (Å²) in [5.41, 5.74) is 0.263. The van der Waals surface area contributed by atoms with Gasteiger partial charge < -0.3 is 10.4 Å². The van der Waals surface area contributed by atoms with Gasteiger partial charge in [-0.1, -0.05) is 37.0 Å². The van der Waals surface area contributed by atoms with Crippen LogP contribution >= 0.6 is 23.2 Å². The Hall–Kier alpha value is -0.840. The Kier molecular flexibility index (Phi) is 5.85. The number of hydrogen-bond acceptors (Lipinski definition) is 3. The lowest BCUT2D eigenvalue weighted by molar-refractivity contribution is 0.0908. The third kappa shape index (κ3) is 4.44. The Morgan fingerprint density at radius 1 is 1.50 bits per heavy atom.